The number of benzene rings is 1. The van der Waals surface area contributed by atoms with Crippen molar-refractivity contribution < 1.29 is 0 Å². The average Bonchev–Trinajstić information content (AvgIpc) is 2.72. The van der Waals surface area contributed by atoms with Crippen LogP contribution in [-0.4, -0.2) is 56.2 Å². The Bertz CT molecular complexity index is 1010. The maximum atomic E-state index is 12.7. The number of hydrogen-bond donors (Lipinski definition) is 1. The summed E-state index contributed by atoms with van der Waals surface area (Å²) in [6.07, 6.45) is 12.4. The Kier molecular flexibility index (Phi) is 4.55. The highest BCUT2D eigenvalue weighted by Crippen LogP contribution is 2.49. The first-order valence-corrected chi connectivity index (χ1v) is 10.9. The number of aromatic amines is 1. The number of piperazine rings is 1. The van der Waals surface area contributed by atoms with Crippen LogP contribution in [-0.2, 0) is 0 Å². The zero-order valence-electron chi connectivity index (χ0n) is 17.3. The van der Waals surface area contributed by atoms with E-state index in [2.05, 4.69) is 44.8 Å². The fraction of sp³-hybridized carbons (Fsp3) is 0.542. The van der Waals surface area contributed by atoms with Crippen molar-refractivity contribution in [2.24, 2.45) is 5.41 Å². The average molecular weight is 391 g/mol. The van der Waals surface area contributed by atoms with E-state index in [1.807, 2.05) is 6.07 Å². The van der Waals surface area contributed by atoms with Crippen LogP contribution in [0.2, 0.25) is 0 Å². The maximum Gasteiger partial charge on any atom is 0.266 e. The molecule has 5 rings (SSSR count). The van der Waals surface area contributed by atoms with Gasteiger partial charge >= 0.3 is 0 Å². The van der Waals surface area contributed by atoms with Gasteiger partial charge in [0.2, 0.25) is 0 Å². The molecule has 0 amide bonds. The second kappa shape index (κ2) is 7.11. The molecule has 152 valence electrons. The lowest BCUT2D eigenvalue weighted by Crippen LogP contribution is -2.44. The van der Waals surface area contributed by atoms with Gasteiger partial charge in [-0.2, -0.15) is 0 Å². The molecule has 3 aliphatic rings. The highest BCUT2D eigenvalue weighted by atomic mass is 16.1. The molecule has 1 N–H and O–H groups in total. The van der Waals surface area contributed by atoms with Crippen molar-refractivity contribution in [1.82, 2.24) is 9.88 Å². The molecular weight excluding hydrogens is 360 g/mol. The van der Waals surface area contributed by atoms with Crippen molar-refractivity contribution in [2.75, 3.05) is 56.1 Å². The molecule has 2 aromatic rings. The number of fused-ring (bicyclic) bond motifs is 1. The molecule has 3 fully saturated rings. The minimum Gasteiger partial charge on any atom is -0.370 e. The number of nitrogens with zero attached hydrogens (tertiary/aromatic N) is 3. The number of anilines is 2. The Hall–Kier alpha value is -2.45. The molecule has 1 aliphatic carbocycles. The van der Waals surface area contributed by atoms with Crippen LogP contribution in [0.25, 0.3) is 10.9 Å². The van der Waals surface area contributed by atoms with Crippen LogP contribution < -0.4 is 15.4 Å². The zero-order valence-corrected chi connectivity index (χ0v) is 17.3. The predicted molar refractivity (Wildman–Crippen MR) is 120 cm³/mol. The molecule has 29 heavy (non-hydrogen) atoms. The Morgan fingerprint density at radius 3 is 2.34 bits per heavy atom. The van der Waals surface area contributed by atoms with Gasteiger partial charge in [0.25, 0.3) is 5.56 Å². The third-order valence-electron chi connectivity index (χ3n) is 7.54. The number of aromatic nitrogens is 1. The lowest BCUT2D eigenvalue weighted by Gasteiger charge is -2.48. The molecular formula is C24H30N4O. The van der Waals surface area contributed by atoms with Gasteiger partial charge in [-0.05, 0) is 56.3 Å². The van der Waals surface area contributed by atoms with Crippen LogP contribution in [0, 0.1) is 17.8 Å². The molecule has 5 heteroatoms. The minimum absolute atomic E-state index is 0.147. The van der Waals surface area contributed by atoms with Crippen molar-refractivity contribution >= 4 is 22.3 Å². The molecule has 0 atom stereocenters. The van der Waals surface area contributed by atoms with Crippen LogP contribution in [0.4, 0.5) is 11.4 Å². The summed E-state index contributed by atoms with van der Waals surface area (Å²) in [5.74, 6) is 2.70. The van der Waals surface area contributed by atoms with E-state index >= 15 is 0 Å². The van der Waals surface area contributed by atoms with E-state index in [-0.39, 0.29) is 5.56 Å². The molecule has 0 bridgehead atoms. The lowest BCUT2D eigenvalue weighted by atomic mass is 9.63. The van der Waals surface area contributed by atoms with Gasteiger partial charge in [0, 0.05) is 50.3 Å². The van der Waals surface area contributed by atoms with Crippen LogP contribution in [0.5, 0.6) is 0 Å². The van der Waals surface area contributed by atoms with Gasteiger partial charge in [-0.3, -0.25) is 4.79 Å². The van der Waals surface area contributed by atoms with Crippen molar-refractivity contribution in [3.05, 3.63) is 34.1 Å². The number of pyridine rings is 1. The number of likely N-dealkylation sites (N-methyl/N-ethyl adjacent to an activating group) is 1. The number of piperidine rings is 1. The van der Waals surface area contributed by atoms with Gasteiger partial charge in [-0.15, -0.1) is 6.42 Å². The Morgan fingerprint density at radius 1 is 1.00 bits per heavy atom. The lowest BCUT2D eigenvalue weighted by molar-refractivity contribution is 0.0956. The van der Waals surface area contributed by atoms with Gasteiger partial charge in [0.05, 0.1) is 11.2 Å². The topological polar surface area (TPSA) is 42.6 Å². The zero-order chi connectivity index (χ0) is 20.0. The fourth-order valence-electron chi connectivity index (χ4n) is 5.37. The Balaban J connectivity index is 1.55. The third-order valence-corrected chi connectivity index (χ3v) is 7.54. The summed E-state index contributed by atoms with van der Waals surface area (Å²) >= 11 is 0. The molecule has 1 saturated carbocycles. The first-order valence-electron chi connectivity index (χ1n) is 10.9. The molecule has 1 spiro atoms. The van der Waals surface area contributed by atoms with E-state index in [0.717, 1.165) is 55.9 Å². The van der Waals surface area contributed by atoms with E-state index in [4.69, 9.17) is 6.42 Å². The number of rotatable bonds is 2. The van der Waals surface area contributed by atoms with Gasteiger partial charge in [-0.25, -0.2) is 0 Å². The normalized spacial score (nSPS) is 21.9. The summed E-state index contributed by atoms with van der Waals surface area (Å²) in [6, 6.07) is 6.41. The number of terminal acetylenes is 1. The van der Waals surface area contributed by atoms with Gasteiger partial charge in [0.1, 0.15) is 5.56 Å². The van der Waals surface area contributed by atoms with Gasteiger partial charge in [-0.1, -0.05) is 12.3 Å². The summed E-state index contributed by atoms with van der Waals surface area (Å²) in [7, 11) is 2.17. The quantitative estimate of drug-likeness (QED) is 0.801. The highest BCUT2D eigenvalue weighted by Gasteiger charge is 2.40. The minimum atomic E-state index is -0.147. The molecule has 0 radical (unpaired) electrons. The number of nitrogens with one attached hydrogen (secondary N) is 1. The summed E-state index contributed by atoms with van der Waals surface area (Å²) in [5, 5.41) is 1.08. The Morgan fingerprint density at radius 2 is 1.72 bits per heavy atom. The fourth-order valence-corrected chi connectivity index (χ4v) is 5.37. The van der Waals surface area contributed by atoms with E-state index in [1.54, 1.807) is 0 Å². The second-order valence-electron chi connectivity index (χ2n) is 9.18. The molecule has 2 aliphatic heterocycles. The van der Waals surface area contributed by atoms with Crippen LogP contribution >= 0.6 is 0 Å². The SMILES string of the molecule is C#Cc1c(N2CCC3(CCC3)CC2)c2cc(N3CCN(C)CC3)ccc2[nH]c1=O. The number of H-pyrrole nitrogens is 1. The second-order valence-corrected chi connectivity index (χ2v) is 9.18. The third kappa shape index (κ3) is 3.20. The largest absolute Gasteiger partial charge is 0.370 e. The number of hydrogen-bond acceptors (Lipinski definition) is 4. The molecule has 2 saturated heterocycles. The maximum absolute atomic E-state index is 12.7. The van der Waals surface area contributed by atoms with Crippen molar-refractivity contribution in [3.63, 3.8) is 0 Å². The summed E-state index contributed by atoms with van der Waals surface area (Å²) in [6.45, 7) is 6.17. The van der Waals surface area contributed by atoms with Crippen molar-refractivity contribution in [2.45, 2.75) is 32.1 Å². The van der Waals surface area contributed by atoms with E-state index in [1.165, 1.54) is 37.8 Å². The molecule has 1 aromatic heterocycles. The molecule has 5 nitrogen and oxygen atoms in total. The molecule has 0 unspecified atom stereocenters. The smallest absolute Gasteiger partial charge is 0.266 e. The monoisotopic (exact) mass is 390 g/mol. The van der Waals surface area contributed by atoms with Crippen molar-refractivity contribution in [1.29, 1.82) is 0 Å². The first-order chi connectivity index (χ1) is 14.1. The summed E-state index contributed by atoms with van der Waals surface area (Å²) in [4.78, 5) is 22.9. The molecule has 1 aromatic carbocycles. The summed E-state index contributed by atoms with van der Waals surface area (Å²) in [5.41, 5.74) is 3.97. The van der Waals surface area contributed by atoms with Crippen LogP contribution in [0.3, 0.4) is 0 Å². The van der Waals surface area contributed by atoms with E-state index in [9.17, 15) is 4.79 Å². The van der Waals surface area contributed by atoms with E-state index in [0.29, 0.717) is 11.0 Å². The van der Waals surface area contributed by atoms with Crippen LogP contribution in [0.1, 0.15) is 37.7 Å². The van der Waals surface area contributed by atoms with Gasteiger partial charge in [0.15, 0.2) is 0 Å². The highest BCUT2D eigenvalue weighted by molar-refractivity contribution is 5.96. The van der Waals surface area contributed by atoms with Crippen LogP contribution in [0.15, 0.2) is 23.0 Å². The standard InChI is InChI=1S/C24H30N4O/c1-3-19-22(28-11-9-24(10-12-28)7-4-8-24)20-17-18(5-6-21(20)25-23(19)29)27-15-13-26(2)14-16-27/h1,5-6,17H,4,7-16H2,2H3,(H,25,29). The summed E-state index contributed by atoms with van der Waals surface area (Å²) < 4.78 is 0. The first kappa shape index (κ1) is 18.6. The predicted octanol–water partition coefficient (Wildman–Crippen LogP) is 3.03. The van der Waals surface area contributed by atoms with Crippen molar-refractivity contribution in [3.8, 4) is 12.3 Å². The molecule has 3 heterocycles. The van der Waals surface area contributed by atoms with Gasteiger partial charge < -0.3 is 19.7 Å². The van der Waals surface area contributed by atoms with E-state index < -0.39 is 0 Å². The Labute approximate surface area is 172 Å².